The van der Waals surface area contributed by atoms with Gasteiger partial charge in [0, 0.05) is 25.1 Å². The molecule has 0 bridgehead atoms. The lowest BCUT2D eigenvalue weighted by Crippen LogP contribution is -2.37. The van der Waals surface area contributed by atoms with Gasteiger partial charge in [0.1, 0.15) is 5.56 Å². The lowest BCUT2D eigenvalue weighted by atomic mass is 9.93. The fraction of sp³-hybridized carbons (Fsp3) is 0.429. The van der Waals surface area contributed by atoms with Crippen molar-refractivity contribution in [2.24, 2.45) is 0 Å². The minimum atomic E-state index is -1.15. The van der Waals surface area contributed by atoms with Gasteiger partial charge in [0.05, 0.1) is 11.4 Å². The van der Waals surface area contributed by atoms with Crippen molar-refractivity contribution in [1.82, 2.24) is 19.5 Å². The van der Waals surface area contributed by atoms with Gasteiger partial charge in [-0.05, 0) is 19.8 Å². The number of H-pyrrole nitrogens is 1. The maximum absolute atomic E-state index is 11.9. The van der Waals surface area contributed by atoms with Gasteiger partial charge >= 0.3 is 12.1 Å². The number of carbonyl (C=O) groups is 2. The molecular weight excluding hydrogens is 304 g/mol. The molecule has 1 fully saturated rings. The maximum atomic E-state index is 11.9. The standard InChI is InChI=1S/C14H16N4O5/c1-7-11(13(20)21)12-15-10(19)6-9(18(12)16-7)8-2-4-17(5-3-8)14(22)23/h6,8H,2-5H2,1H3,(H,15,19)(H,20,21)(H,22,23). The number of aromatic amines is 1. The number of carboxylic acids is 1. The number of rotatable bonds is 2. The number of nitrogens with one attached hydrogen (secondary N) is 1. The molecule has 23 heavy (non-hydrogen) atoms. The predicted octanol–water partition coefficient (Wildman–Crippen LogP) is 0.887. The second-order valence-corrected chi connectivity index (χ2v) is 5.63. The Hall–Kier alpha value is -2.84. The number of nitrogens with zero attached hydrogens (tertiary/aromatic N) is 3. The summed E-state index contributed by atoms with van der Waals surface area (Å²) in [5.74, 6) is -1.19. The van der Waals surface area contributed by atoms with Crippen LogP contribution in [0.3, 0.4) is 0 Å². The molecule has 1 aliphatic heterocycles. The van der Waals surface area contributed by atoms with Crippen LogP contribution >= 0.6 is 0 Å². The average Bonchev–Trinajstić information content (AvgIpc) is 2.82. The summed E-state index contributed by atoms with van der Waals surface area (Å²) in [6.45, 7) is 2.33. The number of piperidine rings is 1. The molecule has 2 aromatic heterocycles. The normalized spacial score (nSPS) is 16.0. The van der Waals surface area contributed by atoms with Gasteiger partial charge < -0.3 is 20.1 Å². The first-order chi connectivity index (χ1) is 10.9. The summed E-state index contributed by atoms with van der Waals surface area (Å²) < 4.78 is 1.46. The van der Waals surface area contributed by atoms with E-state index in [2.05, 4.69) is 10.1 Å². The topological polar surface area (TPSA) is 128 Å². The third-order valence-electron chi connectivity index (χ3n) is 4.22. The van der Waals surface area contributed by atoms with E-state index < -0.39 is 17.6 Å². The molecule has 3 N–H and O–H groups in total. The number of likely N-dealkylation sites (tertiary alicyclic amines) is 1. The molecular formula is C14H16N4O5. The van der Waals surface area contributed by atoms with Crippen LogP contribution in [0.15, 0.2) is 10.9 Å². The van der Waals surface area contributed by atoms with Gasteiger partial charge in [-0.1, -0.05) is 0 Å². The highest BCUT2D eigenvalue weighted by Gasteiger charge is 2.27. The molecule has 3 heterocycles. The number of amides is 1. The molecule has 2 aromatic rings. The largest absolute Gasteiger partial charge is 0.477 e. The average molecular weight is 320 g/mol. The molecule has 0 aromatic carbocycles. The monoisotopic (exact) mass is 320 g/mol. The molecule has 0 radical (unpaired) electrons. The second kappa shape index (κ2) is 5.41. The number of fused-ring (bicyclic) bond motifs is 1. The van der Waals surface area contributed by atoms with E-state index in [9.17, 15) is 19.5 Å². The van der Waals surface area contributed by atoms with Crippen LogP contribution in [-0.4, -0.2) is 54.9 Å². The van der Waals surface area contributed by atoms with E-state index in [0.29, 0.717) is 37.3 Å². The highest BCUT2D eigenvalue weighted by Crippen LogP contribution is 2.28. The first kappa shape index (κ1) is 15.1. The number of aromatic nitrogens is 3. The van der Waals surface area contributed by atoms with Crippen molar-refractivity contribution in [3.8, 4) is 0 Å². The Morgan fingerprint density at radius 1 is 1.30 bits per heavy atom. The second-order valence-electron chi connectivity index (χ2n) is 5.63. The minimum Gasteiger partial charge on any atom is -0.477 e. The summed E-state index contributed by atoms with van der Waals surface area (Å²) in [6, 6.07) is 1.41. The zero-order valence-corrected chi connectivity index (χ0v) is 12.4. The van der Waals surface area contributed by atoms with Gasteiger partial charge in [0.25, 0.3) is 5.56 Å². The van der Waals surface area contributed by atoms with Crippen LogP contribution in [0.1, 0.15) is 40.5 Å². The molecule has 0 aliphatic carbocycles. The van der Waals surface area contributed by atoms with Crippen LogP contribution in [-0.2, 0) is 0 Å². The van der Waals surface area contributed by atoms with Crippen LogP contribution in [0.4, 0.5) is 4.79 Å². The number of aromatic carboxylic acids is 1. The molecule has 0 atom stereocenters. The quantitative estimate of drug-likeness (QED) is 0.753. The zero-order chi connectivity index (χ0) is 16.7. The Balaban J connectivity index is 2.05. The number of aryl methyl sites for hydroxylation is 1. The fourth-order valence-electron chi connectivity index (χ4n) is 3.09. The van der Waals surface area contributed by atoms with Gasteiger partial charge in [0.15, 0.2) is 5.65 Å². The smallest absolute Gasteiger partial charge is 0.407 e. The lowest BCUT2D eigenvalue weighted by molar-refractivity contribution is 0.0698. The Morgan fingerprint density at radius 3 is 2.52 bits per heavy atom. The van der Waals surface area contributed by atoms with Crippen molar-refractivity contribution in [2.75, 3.05) is 13.1 Å². The van der Waals surface area contributed by atoms with Gasteiger partial charge in [-0.25, -0.2) is 14.1 Å². The molecule has 9 heteroatoms. The van der Waals surface area contributed by atoms with Crippen molar-refractivity contribution in [3.63, 3.8) is 0 Å². The lowest BCUT2D eigenvalue weighted by Gasteiger charge is -2.30. The van der Waals surface area contributed by atoms with E-state index in [1.54, 1.807) is 6.92 Å². The first-order valence-corrected chi connectivity index (χ1v) is 7.22. The van der Waals surface area contributed by atoms with Gasteiger partial charge in [0.2, 0.25) is 0 Å². The Labute approximate surface area is 130 Å². The highest BCUT2D eigenvalue weighted by molar-refractivity contribution is 5.95. The summed E-state index contributed by atoms with van der Waals surface area (Å²) >= 11 is 0. The predicted molar refractivity (Wildman–Crippen MR) is 79.1 cm³/mol. The number of hydrogen-bond donors (Lipinski definition) is 3. The zero-order valence-electron chi connectivity index (χ0n) is 12.4. The van der Waals surface area contributed by atoms with Crippen LogP contribution in [0, 0.1) is 6.92 Å². The third kappa shape index (κ3) is 2.54. The van der Waals surface area contributed by atoms with Crippen molar-refractivity contribution in [3.05, 3.63) is 33.4 Å². The van der Waals surface area contributed by atoms with Crippen LogP contribution in [0.25, 0.3) is 5.65 Å². The molecule has 1 saturated heterocycles. The summed E-state index contributed by atoms with van der Waals surface area (Å²) in [4.78, 5) is 38.1. The van der Waals surface area contributed by atoms with Gasteiger partial charge in [-0.15, -0.1) is 0 Å². The van der Waals surface area contributed by atoms with E-state index in [1.165, 1.54) is 15.5 Å². The van der Waals surface area contributed by atoms with Crippen LogP contribution < -0.4 is 5.56 Å². The van der Waals surface area contributed by atoms with Crippen LogP contribution in [0.2, 0.25) is 0 Å². The molecule has 1 amide bonds. The van der Waals surface area contributed by atoms with Crippen molar-refractivity contribution in [1.29, 1.82) is 0 Å². The molecule has 0 saturated carbocycles. The maximum Gasteiger partial charge on any atom is 0.407 e. The molecule has 9 nitrogen and oxygen atoms in total. The highest BCUT2D eigenvalue weighted by atomic mass is 16.4. The third-order valence-corrected chi connectivity index (χ3v) is 4.22. The summed E-state index contributed by atoms with van der Waals surface area (Å²) in [5.41, 5.74) is 0.689. The Kier molecular flexibility index (Phi) is 3.55. The molecule has 122 valence electrons. The SMILES string of the molecule is Cc1nn2c(C3CCN(C(=O)O)CC3)cc(=O)[nH]c2c1C(=O)O. The van der Waals surface area contributed by atoms with Crippen molar-refractivity contribution in [2.45, 2.75) is 25.7 Å². The summed E-state index contributed by atoms with van der Waals surface area (Å²) in [6.07, 6.45) is 0.167. The molecule has 0 spiro atoms. The van der Waals surface area contributed by atoms with E-state index in [-0.39, 0.29) is 17.1 Å². The fourth-order valence-corrected chi connectivity index (χ4v) is 3.09. The van der Waals surface area contributed by atoms with E-state index in [0.717, 1.165) is 0 Å². The minimum absolute atomic E-state index is 0.0214. The first-order valence-electron chi connectivity index (χ1n) is 7.22. The summed E-state index contributed by atoms with van der Waals surface area (Å²) in [5, 5.41) is 22.5. The number of carboxylic acid groups (broad SMARTS) is 2. The van der Waals surface area contributed by atoms with E-state index in [1.807, 2.05) is 0 Å². The Morgan fingerprint density at radius 2 is 1.96 bits per heavy atom. The number of hydrogen-bond acceptors (Lipinski definition) is 4. The van der Waals surface area contributed by atoms with E-state index >= 15 is 0 Å². The Bertz CT molecular complexity index is 845. The van der Waals surface area contributed by atoms with Crippen LogP contribution in [0.5, 0.6) is 0 Å². The van der Waals surface area contributed by atoms with E-state index in [4.69, 9.17) is 5.11 Å². The van der Waals surface area contributed by atoms with Gasteiger partial charge in [-0.2, -0.15) is 5.10 Å². The summed E-state index contributed by atoms with van der Waals surface area (Å²) in [7, 11) is 0. The van der Waals surface area contributed by atoms with Gasteiger partial charge in [-0.3, -0.25) is 4.79 Å². The van der Waals surface area contributed by atoms with Crippen molar-refractivity contribution < 1.29 is 19.8 Å². The van der Waals surface area contributed by atoms with Crippen molar-refractivity contribution >= 4 is 17.7 Å². The molecule has 1 aliphatic rings. The molecule has 0 unspecified atom stereocenters. The molecule has 3 rings (SSSR count).